The number of hydrogen-bond acceptors (Lipinski definition) is 5. The number of nitrogens with one attached hydrogen (secondary N) is 2. The molecule has 0 aromatic heterocycles. The SMILES string of the molecule is CC(=O)Nc1ccc(Oc2ccc(NC3CCCC3)cc2C)cc1C.Cc1ccc(Cc2ccc(N3CCCC3)cc2)cc1C(=O)N1CCCCC1. The molecule has 0 spiro atoms. The molecular formula is C45H56N4O3. The van der Waals surface area contributed by atoms with Gasteiger partial charge in [0.05, 0.1) is 0 Å². The molecule has 2 amide bonds. The van der Waals surface area contributed by atoms with Gasteiger partial charge in [0.2, 0.25) is 5.91 Å². The second-order valence-electron chi connectivity index (χ2n) is 14.9. The van der Waals surface area contributed by atoms with Gasteiger partial charge in [0, 0.05) is 61.8 Å². The Labute approximate surface area is 310 Å². The molecular weight excluding hydrogens is 645 g/mol. The van der Waals surface area contributed by atoms with E-state index in [1.165, 1.54) is 81.8 Å². The Morgan fingerprint density at radius 1 is 0.692 bits per heavy atom. The van der Waals surface area contributed by atoms with Gasteiger partial charge in [-0.15, -0.1) is 0 Å². The van der Waals surface area contributed by atoms with Crippen LogP contribution >= 0.6 is 0 Å². The Morgan fingerprint density at radius 2 is 1.38 bits per heavy atom. The van der Waals surface area contributed by atoms with Crippen molar-refractivity contribution in [2.24, 2.45) is 0 Å². The summed E-state index contributed by atoms with van der Waals surface area (Å²) in [6, 6.07) is 27.9. The number of hydrogen-bond donors (Lipinski definition) is 2. The fourth-order valence-electron chi connectivity index (χ4n) is 7.63. The zero-order valence-corrected chi connectivity index (χ0v) is 31.6. The minimum Gasteiger partial charge on any atom is -0.457 e. The van der Waals surface area contributed by atoms with Crippen molar-refractivity contribution in [3.8, 4) is 11.5 Å². The summed E-state index contributed by atoms with van der Waals surface area (Å²) in [4.78, 5) is 28.6. The van der Waals surface area contributed by atoms with Gasteiger partial charge in [-0.2, -0.15) is 0 Å². The van der Waals surface area contributed by atoms with Gasteiger partial charge in [-0.25, -0.2) is 0 Å². The number of anilines is 3. The Bertz CT molecular complexity index is 1820. The minimum atomic E-state index is -0.0713. The Hall–Kier alpha value is -4.78. The zero-order chi connectivity index (χ0) is 36.5. The lowest BCUT2D eigenvalue weighted by Gasteiger charge is -2.27. The molecule has 4 aromatic rings. The van der Waals surface area contributed by atoms with Crippen LogP contribution in [0.2, 0.25) is 0 Å². The molecule has 2 saturated heterocycles. The quantitative estimate of drug-likeness (QED) is 0.182. The van der Waals surface area contributed by atoms with Crippen molar-refractivity contribution in [2.45, 2.75) is 97.9 Å². The zero-order valence-electron chi connectivity index (χ0n) is 31.6. The molecule has 1 aliphatic carbocycles. The smallest absolute Gasteiger partial charge is 0.254 e. The number of aryl methyl sites for hydroxylation is 3. The van der Waals surface area contributed by atoms with Crippen molar-refractivity contribution < 1.29 is 14.3 Å². The minimum absolute atomic E-state index is 0.0713. The van der Waals surface area contributed by atoms with Gasteiger partial charge in [0.25, 0.3) is 5.91 Å². The molecule has 7 heteroatoms. The van der Waals surface area contributed by atoms with E-state index < -0.39 is 0 Å². The van der Waals surface area contributed by atoms with Crippen LogP contribution in [-0.2, 0) is 11.2 Å². The summed E-state index contributed by atoms with van der Waals surface area (Å²) in [5, 5.41) is 6.43. The van der Waals surface area contributed by atoms with Gasteiger partial charge in [-0.3, -0.25) is 9.59 Å². The summed E-state index contributed by atoms with van der Waals surface area (Å²) in [5.41, 5.74) is 9.87. The molecule has 7 rings (SSSR count). The normalized spacial score (nSPS) is 15.9. The standard InChI is InChI=1S/C24H30N2O.C21H26N2O2/c1-19-7-8-21(18-23(19)24(27)26-15-3-2-4-16-26)17-20-9-11-22(12-10-20)25-13-5-6-14-25;1-14-13-19(9-10-20(14)22-16(3)24)25-21-11-8-18(12-15(21)2)23-17-6-4-5-7-17/h7-12,18H,2-6,13-17H2,1H3;8-13,17,23H,4-7H2,1-3H3,(H,22,24). The monoisotopic (exact) mass is 700 g/mol. The van der Waals surface area contributed by atoms with Crippen molar-refractivity contribution in [1.29, 1.82) is 0 Å². The van der Waals surface area contributed by atoms with E-state index in [0.717, 1.165) is 77.5 Å². The molecule has 0 unspecified atom stereocenters. The van der Waals surface area contributed by atoms with Crippen LogP contribution in [0.3, 0.4) is 0 Å². The first-order chi connectivity index (χ1) is 25.2. The van der Waals surface area contributed by atoms with Gasteiger partial charge in [-0.05, 0) is 155 Å². The highest BCUT2D eigenvalue weighted by Gasteiger charge is 2.20. The van der Waals surface area contributed by atoms with Crippen molar-refractivity contribution in [2.75, 3.05) is 41.7 Å². The Morgan fingerprint density at radius 3 is 2.06 bits per heavy atom. The van der Waals surface area contributed by atoms with E-state index in [2.05, 4.69) is 77.1 Å². The van der Waals surface area contributed by atoms with Crippen LogP contribution < -0.4 is 20.3 Å². The van der Waals surface area contributed by atoms with Crippen LogP contribution in [0.1, 0.15) is 103 Å². The second kappa shape index (κ2) is 17.6. The summed E-state index contributed by atoms with van der Waals surface area (Å²) in [6.07, 6.45) is 12.2. The third-order valence-corrected chi connectivity index (χ3v) is 10.6. The number of carbonyl (C=O) groups is 2. The van der Waals surface area contributed by atoms with Gasteiger partial charge < -0.3 is 25.2 Å². The molecule has 3 fully saturated rings. The Kier molecular flexibility index (Phi) is 12.5. The molecule has 4 aromatic carbocycles. The molecule has 0 bridgehead atoms. The predicted molar refractivity (Wildman–Crippen MR) is 214 cm³/mol. The third-order valence-electron chi connectivity index (χ3n) is 10.6. The average molecular weight is 701 g/mol. The molecule has 52 heavy (non-hydrogen) atoms. The molecule has 0 atom stereocenters. The maximum atomic E-state index is 12.9. The molecule has 0 radical (unpaired) electrons. The van der Waals surface area contributed by atoms with E-state index >= 15 is 0 Å². The predicted octanol–water partition coefficient (Wildman–Crippen LogP) is 10.2. The van der Waals surface area contributed by atoms with Crippen LogP contribution in [-0.4, -0.2) is 48.9 Å². The molecule has 3 aliphatic rings. The number of piperidine rings is 1. The summed E-state index contributed by atoms with van der Waals surface area (Å²) >= 11 is 0. The van der Waals surface area contributed by atoms with E-state index in [4.69, 9.17) is 4.74 Å². The van der Waals surface area contributed by atoms with E-state index in [-0.39, 0.29) is 11.8 Å². The van der Waals surface area contributed by atoms with Gasteiger partial charge in [0.1, 0.15) is 11.5 Å². The molecule has 2 aliphatic heterocycles. The first-order valence-electron chi connectivity index (χ1n) is 19.4. The van der Waals surface area contributed by atoms with Gasteiger partial charge in [0.15, 0.2) is 0 Å². The Balaban J connectivity index is 0.000000179. The molecule has 2 heterocycles. The number of amides is 2. The van der Waals surface area contributed by atoms with Gasteiger partial charge in [-0.1, -0.05) is 37.1 Å². The van der Waals surface area contributed by atoms with Crippen LogP contribution in [0, 0.1) is 20.8 Å². The highest BCUT2D eigenvalue weighted by Crippen LogP contribution is 2.31. The third kappa shape index (κ3) is 9.96. The van der Waals surface area contributed by atoms with Crippen molar-refractivity contribution in [3.63, 3.8) is 0 Å². The fourth-order valence-corrected chi connectivity index (χ4v) is 7.63. The number of carbonyl (C=O) groups excluding carboxylic acids is 2. The summed E-state index contributed by atoms with van der Waals surface area (Å²) in [6.45, 7) is 11.7. The average Bonchev–Trinajstić information content (AvgIpc) is 3.88. The highest BCUT2D eigenvalue weighted by molar-refractivity contribution is 5.96. The molecule has 274 valence electrons. The van der Waals surface area contributed by atoms with Crippen molar-refractivity contribution in [1.82, 2.24) is 4.90 Å². The first-order valence-corrected chi connectivity index (χ1v) is 19.4. The van der Waals surface area contributed by atoms with E-state index in [9.17, 15) is 9.59 Å². The number of benzene rings is 4. The summed E-state index contributed by atoms with van der Waals surface area (Å²) in [5.74, 6) is 1.76. The first kappa shape index (κ1) is 37.0. The number of ether oxygens (including phenoxy) is 1. The lowest BCUT2D eigenvalue weighted by atomic mass is 9.98. The van der Waals surface area contributed by atoms with Gasteiger partial charge >= 0.3 is 0 Å². The maximum absolute atomic E-state index is 12.9. The fraction of sp³-hybridized carbons (Fsp3) is 0.422. The summed E-state index contributed by atoms with van der Waals surface area (Å²) < 4.78 is 6.03. The molecule has 1 saturated carbocycles. The number of rotatable bonds is 9. The highest BCUT2D eigenvalue weighted by atomic mass is 16.5. The van der Waals surface area contributed by atoms with E-state index in [0.29, 0.717) is 6.04 Å². The van der Waals surface area contributed by atoms with Crippen molar-refractivity contribution in [3.05, 3.63) is 112 Å². The van der Waals surface area contributed by atoms with E-state index in [1.54, 1.807) is 0 Å². The maximum Gasteiger partial charge on any atom is 0.254 e. The number of nitrogens with zero attached hydrogens (tertiary/aromatic N) is 2. The summed E-state index contributed by atoms with van der Waals surface area (Å²) in [7, 11) is 0. The van der Waals surface area contributed by atoms with Crippen LogP contribution in [0.25, 0.3) is 0 Å². The molecule has 7 nitrogen and oxygen atoms in total. The van der Waals surface area contributed by atoms with Crippen LogP contribution in [0.4, 0.5) is 17.1 Å². The second-order valence-corrected chi connectivity index (χ2v) is 14.9. The van der Waals surface area contributed by atoms with E-state index in [1.807, 2.05) is 43.0 Å². The van der Waals surface area contributed by atoms with Crippen LogP contribution in [0.5, 0.6) is 11.5 Å². The topological polar surface area (TPSA) is 73.9 Å². The van der Waals surface area contributed by atoms with Crippen molar-refractivity contribution >= 4 is 28.9 Å². The lowest BCUT2D eigenvalue weighted by molar-refractivity contribution is -0.114. The number of likely N-dealkylation sites (tertiary alicyclic amines) is 1. The molecule has 2 N–H and O–H groups in total. The largest absolute Gasteiger partial charge is 0.457 e. The lowest BCUT2D eigenvalue weighted by Crippen LogP contribution is -2.36. The van der Waals surface area contributed by atoms with Crippen LogP contribution in [0.15, 0.2) is 78.9 Å².